The molecule has 0 radical (unpaired) electrons. The van der Waals surface area contributed by atoms with Crippen molar-refractivity contribution in [1.29, 1.82) is 0 Å². The number of epoxide rings is 2. The van der Waals surface area contributed by atoms with Crippen molar-refractivity contribution in [2.24, 2.45) is 0 Å². The van der Waals surface area contributed by atoms with E-state index < -0.39 is 5.79 Å². The topological polar surface area (TPSA) is 43.5 Å². The Balaban J connectivity index is 1.83. The summed E-state index contributed by atoms with van der Waals surface area (Å²) >= 11 is 0. The fourth-order valence-corrected chi connectivity index (χ4v) is 2.14. The van der Waals surface area contributed by atoms with Gasteiger partial charge in [0, 0.05) is 0 Å². The van der Waals surface area contributed by atoms with Gasteiger partial charge in [-0.2, -0.15) is 0 Å². The van der Waals surface area contributed by atoms with Gasteiger partial charge < -0.3 is 18.9 Å². The SMILES string of the molecule is CCC(OC(C)(C)OC(CC)C1CO1)C1CO1. The highest BCUT2D eigenvalue weighted by Gasteiger charge is 2.40. The summed E-state index contributed by atoms with van der Waals surface area (Å²) < 4.78 is 22.6. The first-order valence-electron chi connectivity index (χ1n) is 6.64. The number of hydrogen-bond acceptors (Lipinski definition) is 4. The van der Waals surface area contributed by atoms with Crippen molar-refractivity contribution in [1.82, 2.24) is 0 Å². The molecule has 2 aliphatic heterocycles. The minimum atomic E-state index is -0.570. The van der Waals surface area contributed by atoms with Crippen LogP contribution < -0.4 is 0 Å². The summed E-state index contributed by atoms with van der Waals surface area (Å²) in [6, 6.07) is 0. The van der Waals surface area contributed by atoms with Gasteiger partial charge in [-0.05, 0) is 26.7 Å². The molecule has 4 atom stereocenters. The maximum atomic E-state index is 6.02. The maximum absolute atomic E-state index is 6.02. The van der Waals surface area contributed by atoms with Crippen LogP contribution >= 0.6 is 0 Å². The predicted octanol–water partition coefficient (Wildman–Crippen LogP) is 2.11. The molecule has 4 heteroatoms. The molecule has 0 aliphatic carbocycles. The third-order valence-electron chi connectivity index (χ3n) is 3.22. The molecule has 2 heterocycles. The average Bonchev–Trinajstić information content (AvgIpc) is 3.14. The van der Waals surface area contributed by atoms with Crippen molar-refractivity contribution in [3.05, 3.63) is 0 Å². The van der Waals surface area contributed by atoms with Gasteiger partial charge >= 0.3 is 0 Å². The lowest BCUT2D eigenvalue weighted by molar-refractivity contribution is -0.263. The highest BCUT2D eigenvalue weighted by atomic mass is 16.7. The summed E-state index contributed by atoms with van der Waals surface area (Å²) in [5, 5.41) is 0. The largest absolute Gasteiger partial charge is 0.370 e. The predicted molar refractivity (Wildman–Crippen MR) is 63.9 cm³/mol. The Labute approximate surface area is 104 Å². The molecule has 100 valence electrons. The zero-order chi connectivity index (χ0) is 12.5. The highest BCUT2D eigenvalue weighted by Crippen LogP contribution is 2.29. The van der Waals surface area contributed by atoms with Crippen LogP contribution in [0.15, 0.2) is 0 Å². The summed E-state index contributed by atoms with van der Waals surface area (Å²) in [5.41, 5.74) is 0. The maximum Gasteiger partial charge on any atom is 0.163 e. The Bertz CT molecular complexity index is 222. The second-order valence-electron chi connectivity index (χ2n) is 5.27. The van der Waals surface area contributed by atoms with Crippen LogP contribution in [0.25, 0.3) is 0 Å². The van der Waals surface area contributed by atoms with Crippen LogP contribution in [-0.4, -0.2) is 43.4 Å². The molecule has 2 saturated heterocycles. The van der Waals surface area contributed by atoms with E-state index in [0.717, 1.165) is 26.1 Å². The van der Waals surface area contributed by atoms with Gasteiger partial charge in [-0.1, -0.05) is 13.8 Å². The van der Waals surface area contributed by atoms with E-state index in [-0.39, 0.29) is 24.4 Å². The van der Waals surface area contributed by atoms with Crippen LogP contribution in [0.2, 0.25) is 0 Å². The Morgan fingerprint density at radius 2 is 1.35 bits per heavy atom. The molecule has 0 aromatic heterocycles. The molecule has 0 amide bonds. The minimum absolute atomic E-state index is 0.141. The van der Waals surface area contributed by atoms with Crippen LogP contribution in [0.1, 0.15) is 40.5 Å². The van der Waals surface area contributed by atoms with Gasteiger partial charge in [-0.25, -0.2) is 0 Å². The lowest BCUT2D eigenvalue weighted by Crippen LogP contribution is -2.40. The summed E-state index contributed by atoms with van der Waals surface area (Å²) in [5.74, 6) is -0.570. The van der Waals surface area contributed by atoms with E-state index in [1.54, 1.807) is 0 Å². The molecule has 2 rings (SSSR count). The van der Waals surface area contributed by atoms with E-state index in [1.807, 2.05) is 13.8 Å². The van der Waals surface area contributed by atoms with Crippen molar-refractivity contribution >= 4 is 0 Å². The van der Waals surface area contributed by atoms with Crippen LogP contribution in [0.4, 0.5) is 0 Å². The molecule has 4 unspecified atom stereocenters. The van der Waals surface area contributed by atoms with Gasteiger partial charge in [-0.3, -0.25) is 0 Å². The van der Waals surface area contributed by atoms with E-state index in [1.165, 1.54) is 0 Å². The summed E-state index contributed by atoms with van der Waals surface area (Å²) in [6.45, 7) is 9.81. The van der Waals surface area contributed by atoms with Crippen LogP contribution in [0.5, 0.6) is 0 Å². The van der Waals surface area contributed by atoms with Crippen LogP contribution in [0, 0.1) is 0 Å². The third-order valence-corrected chi connectivity index (χ3v) is 3.22. The van der Waals surface area contributed by atoms with Crippen LogP contribution in [-0.2, 0) is 18.9 Å². The second-order valence-corrected chi connectivity index (χ2v) is 5.27. The van der Waals surface area contributed by atoms with E-state index in [2.05, 4.69) is 13.8 Å². The van der Waals surface area contributed by atoms with Crippen molar-refractivity contribution in [2.45, 2.75) is 70.7 Å². The number of rotatable bonds is 8. The normalized spacial score (nSPS) is 31.1. The number of ether oxygens (including phenoxy) is 4. The van der Waals surface area contributed by atoms with Gasteiger partial charge in [0.25, 0.3) is 0 Å². The molecule has 0 aromatic carbocycles. The first-order valence-corrected chi connectivity index (χ1v) is 6.64. The van der Waals surface area contributed by atoms with Crippen LogP contribution in [0.3, 0.4) is 0 Å². The quantitative estimate of drug-likeness (QED) is 0.484. The van der Waals surface area contributed by atoms with E-state index in [0.29, 0.717) is 0 Å². The molecule has 17 heavy (non-hydrogen) atoms. The summed E-state index contributed by atoms with van der Waals surface area (Å²) in [4.78, 5) is 0. The van der Waals surface area contributed by atoms with E-state index >= 15 is 0 Å². The Kier molecular flexibility index (Phi) is 4.08. The molecular formula is C13H24O4. The molecule has 0 spiro atoms. The molecule has 0 N–H and O–H groups in total. The van der Waals surface area contributed by atoms with Gasteiger partial charge in [0.05, 0.1) is 25.4 Å². The Morgan fingerprint density at radius 1 is 1.00 bits per heavy atom. The van der Waals surface area contributed by atoms with Crippen molar-refractivity contribution in [2.75, 3.05) is 13.2 Å². The lowest BCUT2D eigenvalue weighted by Gasteiger charge is -2.33. The number of hydrogen-bond donors (Lipinski definition) is 0. The van der Waals surface area contributed by atoms with Gasteiger partial charge in [0.1, 0.15) is 12.2 Å². The first-order chi connectivity index (χ1) is 8.05. The fourth-order valence-electron chi connectivity index (χ4n) is 2.14. The van der Waals surface area contributed by atoms with E-state index in [9.17, 15) is 0 Å². The molecule has 0 saturated carbocycles. The van der Waals surface area contributed by atoms with Crippen molar-refractivity contribution in [3.63, 3.8) is 0 Å². The summed E-state index contributed by atoms with van der Waals surface area (Å²) in [7, 11) is 0. The lowest BCUT2D eigenvalue weighted by atomic mass is 10.2. The highest BCUT2D eigenvalue weighted by molar-refractivity contribution is 4.83. The zero-order valence-corrected chi connectivity index (χ0v) is 11.3. The first kappa shape index (κ1) is 13.3. The van der Waals surface area contributed by atoms with Gasteiger partial charge in [0.2, 0.25) is 0 Å². The molecule has 2 fully saturated rings. The molecule has 0 bridgehead atoms. The standard InChI is InChI=1S/C13H24O4/c1-5-9(11-7-14-11)16-13(3,4)17-10(6-2)12-8-15-12/h9-12H,5-8H2,1-4H3. The molecule has 0 aromatic rings. The monoisotopic (exact) mass is 244 g/mol. The molecule has 2 aliphatic rings. The third kappa shape index (κ3) is 3.91. The fraction of sp³-hybridized carbons (Fsp3) is 1.00. The van der Waals surface area contributed by atoms with Gasteiger partial charge in [-0.15, -0.1) is 0 Å². The van der Waals surface area contributed by atoms with Crippen molar-refractivity contribution in [3.8, 4) is 0 Å². The summed E-state index contributed by atoms with van der Waals surface area (Å²) in [6.07, 6.45) is 2.72. The average molecular weight is 244 g/mol. The zero-order valence-electron chi connectivity index (χ0n) is 11.3. The smallest absolute Gasteiger partial charge is 0.163 e. The van der Waals surface area contributed by atoms with Crippen molar-refractivity contribution < 1.29 is 18.9 Å². The molecule has 4 nitrogen and oxygen atoms in total. The minimum Gasteiger partial charge on any atom is -0.370 e. The Morgan fingerprint density at radius 3 is 1.59 bits per heavy atom. The Hall–Kier alpha value is -0.160. The second kappa shape index (κ2) is 5.22. The van der Waals surface area contributed by atoms with Gasteiger partial charge in [0.15, 0.2) is 5.79 Å². The van der Waals surface area contributed by atoms with E-state index in [4.69, 9.17) is 18.9 Å². The molecular weight excluding hydrogens is 220 g/mol.